The number of nitrogens with zero attached hydrogens (tertiary/aromatic N) is 7. The van der Waals surface area contributed by atoms with Gasteiger partial charge >= 0.3 is 0 Å². The first-order valence-electron chi connectivity index (χ1n) is 8.57. The molecule has 0 aliphatic carbocycles. The van der Waals surface area contributed by atoms with Crippen LogP contribution in [-0.4, -0.2) is 59.7 Å². The molecule has 0 atom stereocenters. The third-order valence-electron chi connectivity index (χ3n) is 4.73. The Kier molecular flexibility index (Phi) is 4.08. The molecule has 2 aromatic heterocycles. The van der Waals surface area contributed by atoms with Crippen molar-refractivity contribution in [1.29, 1.82) is 0 Å². The third kappa shape index (κ3) is 3.19. The average molecular weight is 343 g/mol. The van der Waals surface area contributed by atoms with Crippen LogP contribution in [0.1, 0.15) is 35.0 Å². The number of likely N-dealkylation sites (tertiary alicyclic amines) is 1. The minimum absolute atomic E-state index is 0.0396. The zero-order chi connectivity index (χ0) is 17.4. The molecule has 0 spiro atoms. The van der Waals surface area contributed by atoms with Crippen LogP contribution in [0.25, 0.3) is 0 Å². The van der Waals surface area contributed by atoms with Crippen molar-refractivity contribution in [2.45, 2.75) is 32.5 Å². The number of fused-ring (bicyclic) bond motifs is 1. The Bertz CT molecular complexity index is 850. The van der Waals surface area contributed by atoms with Crippen LogP contribution in [-0.2, 0) is 26.7 Å². The number of aryl methyl sites for hydroxylation is 1. The van der Waals surface area contributed by atoms with Crippen molar-refractivity contribution in [2.75, 3.05) is 19.6 Å². The van der Waals surface area contributed by atoms with E-state index >= 15 is 0 Å². The van der Waals surface area contributed by atoms with Crippen molar-refractivity contribution in [2.24, 2.45) is 7.05 Å². The molecule has 9 heteroatoms. The van der Waals surface area contributed by atoms with E-state index in [4.69, 9.17) is 0 Å². The molecule has 0 bridgehead atoms. The van der Waals surface area contributed by atoms with Gasteiger partial charge in [-0.3, -0.25) is 23.7 Å². The maximum absolute atomic E-state index is 12.5. The lowest BCUT2D eigenvalue weighted by molar-refractivity contribution is 0.0690. The highest BCUT2D eigenvalue weighted by atomic mass is 16.2. The third-order valence-corrected chi connectivity index (χ3v) is 4.73. The van der Waals surface area contributed by atoms with Gasteiger partial charge in [-0.15, -0.1) is 5.10 Å². The first-order valence-corrected chi connectivity index (χ1v) is 8.57. The van der Waals surface area contributed by atoms with Crippen LogP contribution in [0.5, 0.6) is 0 Å². The normalized spacial score (nSPS) is 17.7. The Morgan fingerprint density at radius 1 is 1.20 bits per heavy atom. The summed E-state index contributed by atoms with van der Waals surface area (Å²) < 4.78 is 3.16. The summed E-state index contributed by atoms with van der Waals surface area (Å²) in [6.45, 7) is 4.01. The molecule has 1 fully saturated rings. The second-order valence-electron chi connectivity index (χ2n) is 6.61. The highest BCUT2D eigenvalue weighted by Crippen LogP contribution is 2.14. The van der Waals surface area contributed by atoms with E-state index in [1.807, 2.05) is 0 Å². The van der Waals surface area contributed by atoms with Crippen LogP contribution < -0.4 is 5.56 Å². The number of amides is 1. The molecule has 0 radical (unpaired) electrons. The lowest BCUT2D eigenvalue weighted by atomic mass is 10.3. The average Bonchev–Trinajstić information content (AvgIpc) is 3.25. The van der Waals surface area contributed by atoms with Crippen molar-refractivity contribution < 1.29 is 4.79 Å². The minimum Gasteiger partial charge on any atom is -0.327 e. The van der Waals surface area contributed by atoms with Gasteiger partial charge in [0.1, 0.15) is 12.2 Å². The summed E-state index contributed by atoms with van der Waals surface area (Å²) in [4.78, 5) is 37.5. The standard InChI is InChI=1S/C16H21N7O2/c1-20-11-17-15(19-20)16(25)22-6-7-23-13(10-22)18-12(8-14(23)24)9-21-4-2-3-5-21/h8,11H,2-7,9-10H2,1H3. The largest absolute Gasteiger partial charge is 0.327 e. The second-order valence-corrected chi connectivity index (χ2v) is 6.61. The molecule has 0 aromatic carbocycles. The van der Waals surface area contributed by atoms with E-state index in [1.54, 1.807) is 22.6 Å². The quantitative estimate of drug-likeness (QED) is 0.755. The summed E-state index contributed by atoms with van der Waals surface area (Å²) >= 11 is 0. The number of hydrogen-bond acceptors (Lipinski definition) is 6. The van der Waals surface area contributed by atoms with Crippen LogP contribution in [0, 0.1) is 0 Å². The number of hydrogen-bond donors (Lipinski definition) is 0. The Morgan fingerprint density at radius 3 is 2.72 bits per heavy atom. The summed E-state index contributed by atoms with van der Waals surface area (Å²) in [5, 5.41) is 4.06. The van der Waals surface area contributed by atoms with Gasteiger partial charge in [-0.05, 0) is 25.9 Å². The summed E-state index contributed by atoms with van der Waals surface area (Å²) in [7, 11) is 1.72. The molecule has 25 heavy (non-hydrogen) atoms. The molecule has 132 valence electrons. The SMILES string of the molecule is Cn1cnc(C(=O)N2CCn3c(nc(CN4CCCC4)cc3=O)C2)n1. The van der Waals surface area contributed by atoms with Crippen LogP contribution in [0.4, 0.5) is 0 Å². The van der Waals surface area contributed by atoms with Gasteiger partial charge in [0.2, 0.25) is 5.82 Å². The zero-order valence-electron chi connectivity index (χ0n) is 14.3. The number of carbonyl (C=O) groups excluding carboxylic acids is 1. The summed E-state index contributed by atoms with van der Waals surface area (Å²) in [5.74, 6) is 0.579. The van der Waals surface area contributed by atoms with Crippen molar-refractivity contribution in [3.05, 3.63) is 40.1 Å². The number of rotatable bonds is 3. The molecule has 9 nitrogen and oxygen atoms in total. The molecule has 0 saturated carbocycles. The van der Waals surface area contributed by atoms with Crippen LogP contribution in [0.15, 0.2) is 17.2 Å². The predicted octanol–water partition coefficient (Wildman–Crippen LogP) is -0.376. The van der Waals surface area contributed by atoms with Crippen molar-refractivity contribution in [1.82, 2.24) is 34.1 Å². The zero-order valence-corrected chi connectivity index (χ0v) is 14.3. The Balaban J connectivity index is 1.55. The number of aromatic nitrogens is 5. The molecular formula is C16H21N7O2. The van der Waals surface area contributed by atoms with Gasteiger partial charge in [0.25, 0.3) is 11.5 Å². The fraction of sp³-hybridized carbons (Fsp3) is 0.562. The molecule has 1 amide bonds. The second kappa shape index (κ2) is 6.40. The molecule has 4 rings (SSSR count). The lowest BCUT2D eigenvalue weighted by Gasteiger charge is -2.28. The highest BCUT2D eigenvalue weighted by molar-refractivity contribution is 5.90. The van der Waals surface area contributed by atoms with Crippen molar-refractivity contribution in [3.63, 3.8) is 0 Å². The summed E-state index contributed by atoms with van der Waals surface area (Å²) in [6.07, 6.45) is 3.90. The molecule has 0 unspecified atom stereocenters. The molecule has 0 N–H and O–H groups in total. The van der Waals surface area contributed by atoms with Gasteiger partial charge in [-0.2, -0.15) is 0 Å². The van der Waals surface area contributed by atoms with Crippen molar-refractivity contribution in [3.8, 4) is 0 Å². The molecule has 2 aliphatic rings. The Hall–Kier alpha value is -2.55. The summed E-state index contributed by atoms with van der Waals surface area (Å²) in [6, 6.07) is 1.62. The maximum Gasteiger partial charge on any atom is 0.293 e. The van der Waals surface area contributed by atoms with Gasteiger partial charge in [0, 0.05) is 32.7 Å². The van der Waals surface area contributed by atoms with E-state index in [0.717, 1.165) is 18.8 Å². The fourth-order valence-electron chi connectivity index (χ4n) is 3.44. The van der Waals surface area contributed by atoms with E-state index in [1.165, 1.54) is 23.9 Å². The first kappa shape index (κ1) is 15.9. The van der Waals surface area contributed by atoms with E-state index in [0.29, 0.717) is 32.0 Å². The predicted molar refractivity (Wildman–Crippen MR) is 88.8 cm³/mol. The maximum atomic E-state index is 12.5. The molecule has 1 saturated heterocycles. The molecular weight excluding hydrogens is 322 g/mol. The number of carbonyl (C=O) groups is 1. The van der Waals surface area contributed by atoms with Gasteiger partial charge < -0.3 is 4.90 Å². The van der Waals surface area contributed by atoms with E-state index in [2.05, 4.69) is 20.0 Å². The summed E-state index contributed by atoms with van der Waals surface area (Å²) in [5.41, 5.74) is 0.741. The van der Waals surface area contributed by atoms with Gasteiger partial charge in [-0.1, -0.05) is 0 Å². The van der Waals surface area contributed by atoms with Gasteiger partial charge in [0.05, 0.1) is 12.2 Å². The van der Waals surface area contributed by atoms with Crippen LogP contribution in [0.3, 0.4) is 0 Å². The molecule has 2 aromatic rings. The first-order chi connectivity index (χ1) is 12.1. The Labute approximate surface area is 144 Å². The lowest BCUT2D eigenvalue weighted by Crippen LogP contribution is -2.43. The van der Waals surface area contributed by atoms with Gasteiger partial charge in [-0.25, -0.2) is 9.97 Å². The van der Waals surface area contributed by atoms with Crippen LogP contribution >= 0.6 is 0 Å². The van der Waals surface area contributed by atoms with E-state index < -0.39 is 0 Å². The Morgan fingerprint density at radius 2 is 2.00 bits per heavy atom. The topological polar surface area (TPSA) is 89.2 Å². The van der Waals surface area contributed by atoms with Crippen molar-refractivity contribution >= 4 is 5.91 Å². The molecule has 4 heterocycles. The van der Waals surface area contributed by atoms with E-state index in [-0.39, 0.29) is 17.3 Å². The smallest absolute Gasteiger partial charge is 0.293 e. The minimum atomic E-state index is -0.231. The van der Waals surface area contributed by atoms with E-state index in [9.17, 15) is 9.59 Å². The monoisotopic (exact) mass is 343 g/mol. The highest BCUT2D eigenvalue weighted by Gasteiger charge is 2.26. The fourth-order valence-corrected chi connectivity index (χ4v) is 3.44. The van der Waals surface area contributed by atoms with Crippen LogP contribution in [0.2, 0.25) is 0 Å². The molecule has 2 aliphatic heterocycles. The van der Waals surface area contributed by atoms with Gasteiger partial charge in [0.15, 0.2) is 0 Å².